The van der Waals surface area contributed by atoms with Crippen molar-refractivity contribution in [3.8, 4) is 18.4 Å². The van der Waals surface area contributed by atoms with Crippen LogP contribution in [0.1, 0.15) is 5.69 Å². The van der Waals surface area contributed by atoms with Gasteiger partial charge in [-0.15, -0.1) is 6.42 Å². The van der Waals surface area contributed by atoms with Gasteiger partial charge < -0.3 is 0 Å². The van der Waals surface area contributed by atoms with Gasteiger partial charge in [-0.2, -0.15) is 9.57 Å². The molecule has 0 spiro atoms. The Bertz CT molecular complexity index is 566. The number of nitriles is 1. The Morgan fingerprint density at radius 2 is 2.31 bits per heavy atom. The van der Waals surface area contributed by atoms with Crippen molar-refractivity contribution in [2.75, 3.05) is 13.6 Å². The molecule has 0 aromatic carbocycles. The van der Waals surface area contributed by atoms with E-state index in [0.717, 1.165) is 4.31 Å². The molecule has 6 heteroatoms. The molecule has 0 N–H and O–H groups in total. The number of rotatable bonds is 3. The summed E-state index contributed by atoms with van der Waals surface area (Å²) in [6, 6.07) is 4.51. The summed E-state index contributed by atoms with van der Waals surface area (Å²) in [6.07, 6.45) is 6.40. The van der Waals surface area contributed by atoms with E-state index in [4.69, 9.17) is 11.7 Å². The lowest BCUT2D eigenvalue weighted by Gasteiger charge is -2.14. The van der Waals surface area contributed by atoms with E-state index in [2.05, 4.69) is 10.9 Å². The molecule has 0 bridgehead atoms. The number of pyridine rings is 1. The molecular weight excluding hydrogens is 226 g/mol. The lowest BCUT2D eigenvalue weighted by molar-refractivity contribution is 0.502. The first-order chi connectivity index (χ1) is 7.54. The van der Waals surface area contributed by atoms with Crippen LogP contribution in [0.2, 0.25) is 0 Å². The summed E-state index contributed by atoms with van der Waals surface area (Å²) in [5.41, 5.74) is -0.133. The van der Waals surface area contributed by atoms with Crippen LogP contribution in [0.3, 0.4) is 0 Å². The number of nitrogens with zero attached hydrogens (tertiary/aromatic N) is 3. The van der Waals surface area contributed by atoms with Gasteiger partial charge in [0.2, 0.25) is 10.0 Å². The molecule has 1 heterocycles. The predicted molar refractivity (Wildman–Crippen MR) is 57.6 cm³/mol. The van der Waals surface area contributed by atoms with Crippen LogP contribution in [0.4, 0.5) is 0 Å². The molecule has 1 aromatic rings. The molecule has 0 aliphatic heterocycles. The smallest absolute Gasteiger partial charge is 0.244 e. The van der Waals surface area contributed by atoms with Gasteiger partial charge in [-0.3, -0.25) is 0 Å². The molecule has 1 aromatic heterocycles. The van der Waals surface area contributed by atoms with E-state index < -0.39 is 10.0 Å². The second-order valence-corrected chi connectivity index (χ2v) is 4.94. The predicted octanol–water partition coefficient (Wildman–Crippen LogP) is 0.207. The van der Waals surface area contributed by atoms with E-state index in [9.17, 15) is 8.42 Å². The van der Waals surface area contributed by atoms with Crippen LogP contribution in [0.15, 0.2) is 23.2 Å². The fraction of sp³-hybridized carbons (Fsp3) is 0.200. The van der Waals surface area contributed by atoms with Gasteiger partial charge in [0.1, 0.15) is 11.0 Å². The average Bonchev–Trinajstić information content (AvgIpc) is 2.29. The first kappa shape index (κ1) is 12.2. The maximum atomic E-state index is 11.9. The fourth-order valence-corrected chi connectivity index (χ4v) is 2.24. The summed E-state index contributed by atoms with van der Waals surface area (Å²) < 4.78 is 24.9. The van der Waals surface area contributed by atoms with Gasteiger partial charge in [0.05, 0.1) is 6.54 Å². The highest BCUT2D eigenvalue weighted by Crippen LogP contribution is 2.16. The molecule has 0 aliphatic rings. The van der Waals surface area contributed by atoms with Gasteiger partial charge in [-0.1, -0.05) is 5.92 Å². The number of terminal acetylenes is 1. The second kappa shape index (κ2) is 4.75. The van der Waals surface area contributed by atoms with E-state index in [1.807, 2.05) is 0 Å². The molecule has 16 heavy (non-hydrogen) atoms. The molecule has 0 unspecified atom stereocenters. The standard InChI is InChI=1S/C10H9N3O2S/c1-3-7-13(2)16(14,15)10-5-4-6-12-9(10)8-11/h1,4-6H,7H2,2H3. The van der Waals surface area contributed by atoms with Crippen molar-refractivity contribution in [3.05, 3.63) is 24.0 Å². The molecule has 0 aliphatic carbocycles. The summed E-state index contributed by atoms with van der Waals surface area (Å²) in [5, 5.41) is 8.76. The van der Waals surface area contributed by atoms with Gasteiger partial charge in [0.15, 0.2) is 5.69 Å². The zero-order valence-corrected chi connectivity index (χ0v) is 9.40. The van der Waals surface area contributed by atoms with Crippen molar-refractivity contribution >= 4 is 10.0 Å². The molecule has 5 nitrogen and oxygen atoms in total. The third kappa shape index (κ3) is 2.19. The Hall–Kier alpha value is -1.89. The van der Waals surface area contributed by atoms with Crippen LogP contribution in [0, 0.1) is 23.7 Å². The van der Waals surface area contributed by atoms with Gasteiger partial charge in [-0.05, 0) is 12.1 Å². The number of aromatic nitrogens is 1. The molecule has 0 atom stereocenters. The minimum atomic E-state index is -3.74. The number of hydrogen-bond donors (Lipinski definition) is 0. The molecule has 82 valence electrons. The average molecular weight is 235 g/mol. The normalized spacial score (nSPS) is 10.8. The maximum absolute atomic E-state index is 11.9. The summed E-state index contributed by atoms with van der Waals surface area (Å²) in [6.45, 7) is -0.0535. The quantitative estimate of drug-likeness (QED) is 0.702. The van der Waals surface area contributed by atoms with Crippen LogP contribution >= 0.6 is 0 Å². The van der Waals surface area contributed by atoms with E-state index >= 15 is 0 Å². The van der Waals surface area contributed by atoms with Crippen LogP contribution in [0.5, 0.6) is 0 Å². The topological polar surface area (TPSA) is 74.1 Å². The number of hydrogen-bond acceptors (Lipinski definition) is 4. The number of sulfonamides is 1. The zero-order valence-electron chi connectivity index (χ0n) is 8.58. The highest BCUT2D eigenvalue weighted by atomic mass is 32.2. The van der Waals surface area contributed by atoms with E-state index in [1.165, 1.54) is 25.4 Å². The fourth-order valence-electron chi connectivity index (χ4n) is 1.06. The van der Waals surface area contributed by atoms with Crippen molar-refractivity contribution in [1.82, 2.24) is 9.29 Å². The molecule has 0 saturated carbocycles. The third-order valence-electron chi connectivity index (χ3n) is 1.88. The maximum Gasteiger partial charge on any atom is 0.246 e. The van der Waals surface area contributed by atoms with Gasteiger partial charge in [0, 0.05) is 13.2 Å². The third-order valence-corrected chi connectivity index (χ3v) is 3.71. The minimum Gasteiger partial charge on any atom is -0.244 e. The molecule has 1 rings (SSSR count). The van der Waals surface area contributed by atoms with Crippen molar-refractivity contribution < 1.29 is 8.42 Å². The Morgan fingerprint density at radius 1 is 1.62 bits per heavy atom. The molecule has 0 fully saturated rings. The Morgan fingerprint density at radius 3 is 2.88 bits per heavy atom. The molecule has 0 amide bonds. The Labute approximate surface area is 94.4 Å². The first-order valence-electron chi connectivity index (χ1n) is 4.29. The van der Waals surface area contributed by atoms with Crippen molar-refractivity contribution in [2.24, 2.45) is 0 Å². The Kier molecular flexibility index (Phi) is 3.62. The van der Waals surface area contributed by atoms with Crippen LogP contribution in [-0.4, -0.2) is 31.3 Å². The van der Waals surface area contributed by atoms with Crippen LogP contribution < -0.4 is 0 Å². The Balaban J connectivity index is 3.30. The largest absolute Gasteiger partial charge is 0.246 e. The van der Waals surface area contributed by atoms with Crippen molar-refractivity contribution in [2.45, 2.75) is 4.90 Å². The summed E-state index contributed by atoms with van der Waals surface area (Å²) in [5.74, 6) is 2.22. The monoisotopic (exact) mass is 235 g/mol. The van der Waals surface area contributed by atoms with Gasteiger partial charge in [0.25, 0.3) is 0 Å². The molecule has 0 radical (unpaired) electrons. The van der Waals surface area contributed by atoms with Crippen molar-refractivity contribution in [3.63, 3.8) is 0 Å². The lowest BCUT2D eigenvalue weighted by atomic mass is 10.4. The molecular formula is C10H9N3O2S. The van der Waals surface area contributed by atoms with E-state index in [-0.39, 0.29) is 17.1 Å². The highest BCUT2D eigenvalue weighted by molar-refractivity contribution is 7.89. The van der Waals surface area contributed by atoms with Gasteiger partial charge in [-0.25, -0.2) is 13.4 Å². The van der Waals surface area contributed by atoms with Crippen molar-refractivity contribution in [1.29, 1.82) is 5.26 Å². The molecule has 0 saturated heterocycles. The van der Waals surface area contributed by atoms with E-state index in [0.29, 0.717) is 0 Å². The highest BCUT2D eigenvalue weighted by Gasteiger charge is 2.23. The first-order valence-corrected chi connectivity index (χ1v) is 5.73. The minimum absolute atomic E-state index is 0.0535. The van der Waals surface area contributed by atoms with Crippen LogP contribution in [-0.2, 0) is 10.0 Å². The summed E-state index contributed by atoms with van der Waals surface area (Å²) in [4.78, 5) is 3.56. The SMILES string of the molecule is C#CCN(C)S(=O)(=O)c1cccnc1C#N. The lowest BCUT2D eigenvalue weighted by Crippen LogP contribution is -2.28. The van der Waals surface area contributed by atoms with Crippen LogP contribution in [0.25, 0.3) is 0 Å². The zero-order chi connectivity index (χ0) is 12.2. The second-order valence-electron chi connectivity index (χ2n) is 2.93. The van der Waals surface area contributed by atoms with E-state index in [1.54, 1.807) is 6.07 Å². The summed E-state index contributed by atoms with van der Waals surface area (Å²) in [7, 11) is -2.39. The summed E-state index contributed by atoms with van der Waals surface area (Å²) >= 11 is 0. The van der Waals surface area contributed by atoms with Gasteiger partial charge >= 0.3 is 0 Å².